The summed E-state index contributed by atoms with van der Waals surface area (Å²) in [6.07, 6.45) is 5.66. The lowest BCUT2D eigenvalue weighted by Crippen LogP contribution is -2.30. The van der Waals surface area contributed by atoms with E-state index in [2.05, 4.69) is 27.1 Å². The van der Waals surface area contributed by atoms with Crippen LogP contribution in [0.25, 0.3) is 0 Å². The minimum Gasteiger partial charge on any atom is -0.308 e. The smallest absolute Gasteiger partial charge is 0.125 e. The molecule has 18 heavy (non-hydrogen) atoms. The van der Waals surface area contributed by atoms with Crippen molar-refractivity contribution >= 4 is 0 Å². The van der Waals surface area contributed by atoms with Crippen LogP contribution in [0, 0.1) is 6.92 Å². The zero-order chi connectivity index (χ0) is 12.8. The Labute approximate surface area is 110 Å². The molecule has 0 amide bonds. The van der Waals surface area contributed by atoms with Gasteiger partial charge in [-0.15, -0.1) is 0 Å². The monoisotopic (exact) mass is 248 g/mol. The molecule has 2 rings (SSSR count). The molecular formula is C14H24N4. The lowest BCUT2D eigenvalue weighted by molar-refractivity contribution is 0.297. The summed E-state index contributed by atoms with van der Waals surface area (Å²) in [7, 11) is 0. The van der Waals surface area contributed by atoms with Crippen molar-refractivity contribution in [3.8, 4) is 0 Å². The maximum Gasteiger partial charge on any atom is 0.125 e. The highest BCUT2D eigenvalue weighted by Crippen LogP contribution is 2.11. The molecule has 4 nitrogen and oxygen atoms in total. The summed E-state index contributed by atoms with van der Waals surface area (Å²) in [5, 5.41) is 3.63. The van der Waals surface area contributed by atoms with Crippen LogP contribution < -0.4 is 5.32 Å². The summed E-state index contributed by atoms with van der Waals surface area (Å²) in [5.74, 6) is 0.854. The SMILES string of the molecule is CCN1CCCC(NCc2ccnc(C)n2)CC1. The second-order valence-corrected chi connectivity index (χ2v) is 5.04. The molecule has 4 heteroatoms. The van der Waals surface area contributed by atoms with E-state index in [9.17, 15) is 0 Å². The van der Waals surface area contributed by atoms with Gasteiger partial charge in [0.1, 0.15) is 5.82 Å². The molecule has 0 saturated carbocycles. The van der Waals surface area contributed by atoms with Gasteiger partial charge in [0.2, 0.25) is 0 Å². The lowest BCUT2D eigenvalue weighted by atomic mass is 10.1. The van der Waals surface area contributed by atoms with Crippen LogP contribution in [-0.2, 0) is 6.54 Å². The quantitative estimate of drug-likeness (QED) is 0.881. The fourth-order valence-corrected chi connectivity index (χ4v) is 2.53. The van der Waals surface area contributed by atoms with E-state index in [0.29, 0.717) is 6.04 Å². The van der Waals surface area contributed by atoms with Gasteiger partial charge in [-0.2, -0.15) is 0 Å². The highest BCUT2D eigenvalue weighted by atomic mass is 15.1. The van der Waals surface area contributed by atoms with Crippen molar-refractivity contribution < 1.29 is 0 Å². The molecule has 0 radical (unpaired) electrons. The maximum atomic E-state index is 4.43. The number of aryl methyl sites for hydroxylation is 1. The maximum absolute atomic E-state index is 4.43. The first-order valence-electron chi connectivity index (χ1n) is 7.02. The standard InChI is InChI=1S/C14H24N4/c1-3-18-9-4-5-13(7-10-18)16-11-14-6-8-15-12(2)17-14/h6,8,13,16H,3-5,7,9-11H2,1-2H3. The Morgan fingerprint density at radius 3 is 3.06 bits per heavy atom. The highest BCUT2D eigenvalue weighted by molar-refractivity contribution is 5.01. The molecule has 1 aliphatic rings. The molecular weight excluding hydrogens is 224 g/mol. The molecule has 0 aromatic carbocycles. The van der Waals surface area contributed by atoms with Gasteiger partial charge < -0.3 is 10.2 Å². The van der Waals surface area contributed by atoms with Crippen molar-refractivity contribution in [3.05, 3.63) is 23.8 Å². The number of hydrogen-bond donors (Lipinski definition) is 1. The summed E-state index contributed by atoms with van der Waals surface area (Å²) in [6, 6.07) is 2.63. The molecule has 0 bridgehead atoms. The van der Waals surface area contributed by atoms with Crippen molar-refractivity contribution in [3.63, 3.8) is 0 Å². The molecule has 1 atom stereocenters. The van der Waals surface area contributed by atoms with Crippen molar-refractivity contribution in [2.24, 2.45) is 0 Å². The van der Waals surface area contributed by atoms with Crippen LogP contribution in [0.4, 0.5) is 0 Å². The average Bonchev–Trinajstić information content (AvgIpc) is 2.61. The number of likely N-dealkylation sites (tertiary alicyclic amines) is 1. The summed E-state index contributed by atoms with van der Waals surface area (Å²) in [6.45, 7) is 8.70. The van der Waals surface area contributed by atoms with Crippen LogP contribution in [-0.4, -0.2) is 40.5 Å². The largest absolute Gasteiger partial charge is 0.308 e. The predicted molar refractivity (Wildman–Crippen MR) is 73.4 cm³/mol. The summed E-state index contributed by atoms with van der Waals surface area (Å²) in [4.78, 5) is 11.1. The third-order valence-electron chi connectivity index (χ3n) is 3.67. The van der Waals surface area contributed by atoms with Crippen LogP contribution in [0.2, 0.25) is 0 Å². The Kier molecular flexibility index (Phi) is 5.08. The Morgan fingerprint density at radius 1 is 1.39 bits per heavy atom. The minimum absolute atomic E-state index is 0.636. The van der Waals surface area contributed by atoms with Crippen LogP contribution >= 0.6 is 0 Å². The van der Waals surface area contributed by atoms with E-state index >= 15 is 0 Å². The molecule has 2 heterocycles. The molecule has 1 fully saturated rings. The van der Waals surface area contributed by atoms with Gasteiger partial charge in [0.05, 0.1) is 5.69 Å². The number of aromatic nitrogens is 2. The van der Waals surface area contributed by atoms with E-state index in [4.69, 9.17) is 0 Å². The van der Waals surface area contributed by atoms with Gasteiger partial charge in [-0.1, -0.05) is 6.92 Å². The van der Waals surface area contributed by atoms with Crippen molar-refractivity contribution in [2.75, 3.05) is 19.6 Å². The van der Waals surface area contributed by atoms with Gasteiger partial charge in [0, 0.05) is 18.8 Å². The van der Waals surface area contributed by atoms with Crippen molar-refractivity contribution in [1.29, 1.82) is 0 Å². The van der Waals surface area contributed by atoms with Crippen LogP contribution in [0.15, 0.2) is 12.3 Å². The van der Waals surface area contributed by atoms with Crippen molar-refractivity contribution in [1.82, 2.24) is 20.2 Å². The van der Waals surface area contributed by atoms with Crippen LogP contribution in [0.3, 0.4) is 0 Å². The lowest BCUT2D eigenvalue weighted by Gasteiger charge is -2.18. The van der Waals surface area contributed by atoms with Gasteiger partial charge >= 0.3 is 0 Å². The van der Waals surface area contributed by atoms with E-state index in [0.717, 1.165) is 18.1 Å². The zero-order valence-electron chi connectivity index (χ0n) is 11.5. The Bertz CT molecular complexity index is 367. The van der Waals surface area contributed by atoms with E-state index in [-0.39, 0.29) is 0 Å². The Morgan fingerprint density at radius 2 is 2.28 bits per heavy atom. The van der Waals surface area contributed by atoms with E-state index in [1.165, 1.54) is 38.9 Å². The normalized spacial score (nSPS) is 21.8. The molecule has 1 aliphatic heterocycles. The summed E-state index contributed by atoms with van der Waals surface area (Å²) < 4.78 is 0. The first-order chi connectivity index (χ1) is 8.78. The Balaban J connectivity index is 1.79. The molecule has 1 unspecified atom stereocenters. The minimum atomic E-state index is 0.636. The van der Waals surface area contributed by atoms with Gasteiger partial charge in [0.25, 0.3) is 0 Å². The number of nitrogens with zero attached hydrogens (tertiary/aromatic N) is 3. The first kappa shape index (κ1) is 13.4. The van der Waals surface area contributed by atoms with E-state index < -0.39 is 0 Å². The van der Waals surface area contributed by atoms with Gasteiger partial charge in [-0.3, -0.25) is 0 Å². The van der Waals surface area contributed by atoms with Crippen LogP contribution in [0.5, 0.6) is 0 Å². The highest BCUT2D eigenvalue weighted by Gasteiger charge is 2.15. The topological polar surface area (TPSA) is 41.0 Å². The fraction of sp³-hybridized carbons (Fsp3) is 0.714. The zero-order valence-corrected chi connectivity index (χ0v) is 11.5. The van der Waals surface area contributed by atoms with Gasteiger partial charge in [0.15, 0.2) is 0 Å². The number of nitrogens with one attached hydrogen (secondary N) is 1. The average molecular weight is 248 g/mol. The second-order valence-electron chi connectivity index (χ2n) is 5.04. The molecule has 0 aliphatic carbocycles. The number of rotatable bonds is 4. The molecule has 1 N–H and O–H groups in total. The predicted octanol–water partition coefficient (Wildman–Crippen LogP) is 1.75. The summed E-state index contributed by atoms with van der Waals surface area (Å²) in [5.41, 5.74) is 1.10. The molecule has 1 aromatic heterocycles. The summed E-state index contributed by atoms with van der Waals surface area (Å²) >= 11 is 0. The number of hydrogen-bond acceptors (Lipinski definition) is 4. The third kappa shape index (κ3) is 4.03. The third-order valence-corrected chi connectivity index (χ3v) is 3.67. The van der Waals surface area contributed by atoms with E-state index in [1.54, 1.807) is 0 Å². The Hall–Kier alpha value is -1.00. The van der Waals surface area contributed by atoms with Crippen LogP contribution in [0.1, 0.15) is 37.7 Å². The molecule has 1 aromatic rings. The first-order valence-corrected chi connectivity index (χ1v) is 7.02. The fourth-order valence-electron chi connectivity index (χ4n) is 2.53. The van der Waals surface area contributed by atoms with Gasteiger partial charge in [-0.05, 0) is 51.9 Å². The van der Waals surface area contributed by atoms with E-state index in [1.807, 2.05) is 19.2 Å². The second kappa shape index (κ2) is 6.81. The van der Waals surface area contributed by atoms with Gasteiger partial charge in [-0.25, -0.2) is 9.97 Å². The molecule has 100 valence electrons. The molecule has 1 saturated heterocycles. The van der Waals surface area contributed by atoms with Crippen molar-refractivity contribution in [2.45, 2.75) is 45.7 Å². The molecule has 0 spiro atoms.